The van der Waals surface area contributed by atoms with Gasteiger partial charge in [-0.25, -0.2) is 0 Å². The molecule has 0 radical (unpaired) electrons. The van der Waals surface area contributed by atoms with Crippen molar-refractivity contribution < 1.29 is 4.79 Å². The van der Waals surface area contributed by atoms with E-state index >= 15 is 0 Å². The van der Waals surface area contributed by atoms with Crippen LogP contribution >= 0.6 is 11.6 Å². The number of hydrogen-bond donors (Lipinski definition) is 0. The fourth-order valence-corrected chi connectivity index (χ4v) is 1.74. The molecule has 0 aliphatic heterocycles. The fraction of sp³-hybridized carbons (Fsp3) is 0.875. The molecule has 2 heteroatoms. The second-order valence-corrected chi connectivity index (χ2v) is 3.50. The Morgan fingerprint density at radius 1 is 1.60 bits per heavy atom. The van der Waals surface area contributed by atoms with E-state index in [0.29, 0.717) is 0 Å². The van der Waals surface area contributed by atoms with Crippen LogP contribution in [0.15, 0.2) is 0 Å². The molecule has 0 saturated heterocycles. The summed E-state index contributed by atoms with van der Waals surface area (Å²) < 4.78 is 0. The van der Waals surface area contributed by atoms with Gasteiger partial charge in [-0.1, -0.05) is 19.8 Å². The maximum absolute atomic E-state index is 10.5. The molecule has 1 aliphatic rings. The number of carbonyl (C=O) groups is 1. The lowest BCUT2D eigenvalue weighted by Crippen LogP contribution is -2.27. The van der Waals surface area contributed by atoms with Crippen molar-refractivity contribution in [1.29, 1.82) is 0 Å². The zero-order chi connectivity index (χ0) is 7.56. The van der Waals surface area contributed by atoms with E-state index in [-0.39, 0.29) is 11.2 Å². The van der Waals surface area contributed by atoms with E-state index in [0.717, 1.165) is 18.8 Å². The van der Waals surface area contributed by atoms with Crippen LogP contribution in [0.5, 0.6) is 0 Å². The Labute approximate surface area is 66.8 Å². The number of rotatable bonds is 3. The highest BCUT2D eigenvalue weighted by Gasteiger charge is 2.32. The van der Waals surface area contributed by atoms with Crippen LogP contribution in [0.3, 0.4) is 0 Å². The van der Waals surface area contributed by atoms with Crippen LogP contribution < -0.4 is 0 Å². The van der Waals surface area contributed by atoms with Gasteiger partial charge in [0.1, 0.15) is 0 Å². The van der Waals surface area contributed by atoms with Gasteiger partial charge in [0.2, 0.25) is 5.24 Å². The first-order valence-electron chi connectivity index (χ1n) is 3.93. The Kier molecular flexibility index (Phi) is 2.72. The van der Waals surface area contributed by atoms with Crippen LogP contribution in [-0.2, 0) is 4.79 Å². The molecule has 1 rings (SSSR count). The molecular weight excluding hydrogens is 148 g/mol. The molecule has 0 N–H and O–H groups in total. The third kappa shape index (κ3) is 1.72. The topological polar surface area (TPSA) is 17.1 Å². The van der Waals surface area contributed by atoms with Gasteiger partial charge < -0.3 is 0 Å². The first-order chi connectivity index (χ1) is 4.74. The molecule has 0 aromatic rings. The van der Waals surface area contributed by atoms with Crippen LogP contribution in [0.4, 0.5) is 0 Å². The van der Waals surface area contributed by atoms with E-state index in [4.69, 9.17) is 11.6 Å². The number of carbonyl (C=O) groups excluding carboxylic acids is 1. The van der Waals surface area contributed by atoms with Gasteiger partial charge in [0.25, 0.3) is 0 Å². The lowest BCUT2D eigenvalue weighted by Gasteiger charge is -2.32. The maximum atomic E-state index is 10.5. The normalized spacial score (nSPS) is 31.4. The molecule has 58 valence electrons. The molecule has 0 amide bonds. The lowest BCUT2D eigenvalue weighted by molar-refractivity contribution is -0.118. The van der Waals surface area contributed by atoms with Crippen LogP contribution in [0, 0.1) is 11.8 Å². The van der Waals surface area contributed by atoms with Gasteiger partial charge in [0.15, 0.2) is 0 Å². The largest absolute Gasteiger partial charge is 0.281 e. The summed E-state index contributed by atoms with van der Waals surface area (Å²) in [7, 11) is 0. The molecule has 0 atom stereocenters. The van der Waals surface area contributed by atoms with Crippen molar-refractivity contribution in [2.24, 2.45) is 11.8 Å². The summed E-state index contributed by atoms with van der Waals surface area (Å²) in [4.78, 5) is 10.5. The maximum Gasteiger partial charge on any atom is 0.224 e. The summed E-state index contributed by atoms with van der Waals surface area (Å²) in [5.41, 5.74) is 0. The average Bonchev–Trinajstić information content (AvgIpc) is 1.76. The minimum Gasteiger partial charge on any atom is -0.281 e. The van der Waals surface area contributed by atoms with E-state index in [2.05, 4.69) is 6.92 Å². The predicted molar refractivity (Wildman–Crippen MR) is 42.0 cm³/mol. The molecule has 10 heavy (non-hydrogen) atoms. The highest BCUT2D eigenvalue weighted by atomic mass is 35.5. The molecule has 0 aromatic heterocycles. The smallest absolute Gasteiger partial charge is 0.224 e. The summed E-state index contributed by atoms with van der Waals surface area (Å²) >= 11 is 5.31. The monoisotopic (exact) mass is 160 g/mol. The van der Waals surface area contributed by atoms with Crippen molar-refractivity contribution in [1.82, 2.24) is 0 Å². The Hall–Kier alpha value is -0.0400. The van der Waals surface area contributed by atoms with E-state index in [1.807, 2.05) is 0 Å². The van der Waals surface area contributed by atoms with Crippen molar-refractivity contribution in [2.75, 3.05) is 0 Å². The zero-order valence-corrected chi connectivity index (χ0v) is 7.03. The van der Waals surface area contributed by atoms with Gasteiger partial charge in [-0.3, -0.25) is 4.79 Å². The summed E-state index contributed by atoms with van der Waals surface area (Å²) in [6.45, 7) is 2.18. The third-order valence-electron chi connectivity index (χ3n) is 2.25. The minimum atomic E-state index is -0.132. The molecule has 0 unspecified atom stereocenters. The van der Waals surface area contributed by atoms with Gasteiger partial charge >= 0.3 is 0 Å². The van der Waals surface area contributed by atoms with Crippen LogP contribution in [0.2, 0.25) is 0 Å². The summed E-state index contributed by atoms with van der Waals surface area (Å²) in [6.07, 6.45) is 4.57. The van der Waals surface area contributed by atoms with Crippen LogP contribution in [0.25, 0.3) is 0 Å². The number of hydrogen-bond acceptors (Lipinski definition) is 1. The van der Waals surface area contributed by atoms with E-state index in [1.54, 1.807) is 0 Å². The standard InChI is InChI=1S/C8H13ClO/c1-2-3-6-4-7(5-6)8(9)10/h6-7H,2-5H2,1H3. The molecule has 0 spiro atoms. The first kappa shape index (κ1) is 8.06. The third-order valence-corrected chi connectivity index (χ3v) is 2.56. The Morgan fingerprint density at radius 2 is 2.20 bits per heavy atom. The van der Waals surface area contributed by atoms with Crippen LogP contribution in [0.1, 0.15) is 32.6 Å². The SMILES string of the molecule is CCCC1CC(C(=O)Cl)C1. The Bertz CT molecular complexity index is 127. The van der Waals surface area contributed by atoms with Crippen molar-refractivity contribution in [3.8, 4) is 0 Å². The number of halogens is 1. The zero-order valence-electron chi connectivity index (χ0n) is 6.27. The van der Waals surface area contributed by atoms with Crippen molar-refractivity contribution in [2.45, 2.75) is 32.6 Å². The summed E-state index contributed by atoms with van der Waals surface area (Å²) in [5.74, 6) is 0.982. The van der Waals surface area contributed by atoms with E-state index in [1.165, 1.54) is 12.8 Å². The van der Waals surface area contributed by atoms with E-state index < -0.39 is 0 Å². The molecule has 1 fully saturated rings. The Balaban J connectivity index is 2.12. The average molecular weight is 161 g/mol. The van der Waals surface area contributed by atoms with Crippen molar-refractivity contribution >= 4 is 16.8 Å². The first-order valence-corrected chi connectivity index (χ1v) is 4.31. The highest BCUT2D eigenvalue weighted by Crippen LogP contribution is 2.37. The molecule has 0 heterocycles. The lowest BCUT2D eigenvalue weighted by atomic mass is 9.73. The minimum absolute atomic E-state index is 0.132. The highest BCUT2D eigenvalue weighted by molar-refractivity contribution is 6.64. The molecule has 0 aromatic carbocycles. The second-order valence-electron chi connectivity index (χ2n) is 3.13. The van der Waals surface area contributed by atoms with Crippen molar-refractivity contribution in [3.05, 3.63) is 0 Å². The van der Waals surface area contributed by atoms with Gasteiger partial charge in [0, 0.05) is 5.92 Å². The fourth-order valence-electron chi connectivity index (χ4n) is 1.56. The van der Waals surface area contributed by atoms with Gasteiger partial charge in [-0.05, 0) is 30.4 Å². The molecule has 1 saturated carbocycles. The van der Waals surface area contributed by atoms with Crippen molar-refractivity contribution in [3.63, 3.8) is 0 Å². The van der Waals surface area contributed by atoms with Gasteiger partial charge in [0.05, 0.1) is 0 Å². The summed E-state index contributed by atoms with van der Waals surface area (Å²) in [5, 5.41) is -0.132. The van der Waals surface area contributed by atoms with Gasteiger partial charge in [-0.2, -0.15) is 0 Å². The molecule has 0 bridgehead atoms. The molecule has 1 aliphatic carbocycles. The molecular formula is C8H13ClO. The summed E-state index contributed by atoms with van der Waals surface area (Å²) in [6, 6.07) is 0. The van der Waals surface area contributed by atoms with Gasteiger partial charge in [-0.15, -0.1) is 0 Å². The molecule has 1 nitrogen and oxygen atoms in total. The second kappa shape index (κ2) is 3.38. The van der Waals surface area contributed by atoms with Crippen LogP contribution in [-0.4, -0.2) is 5.24 Å². The predicted octanol–water partition coefficient (Wildman–Crippen LogP) is 2.58. The van der Waals surface area contributed by atoms with E-state index in [9.17, 15) is 4.79 Å². The quantitative estimate of drug-likeness (QED) is 0.580. The Morgan fingerprint density at radius 3 is 2.60 bits per heavy atom.